The molecule has 2 aromatic carbocycles. The van der Waals surface area contributed by atoms with E-state index in [1.54, 1.807) is 20.2 Å². The minimum Gasteiger partial charge on any atom is -0.463 e. The molecular formula is C43H49Cl2F2N9O3S. The van der Waals surface area contributed by atoms with Crippen molar-refractivity contribution in [2.45, 2.75) is 89.5 Å². The van der Waals surface area contributed by atoms with Crippen LogP contribution in [0.2, 0.25) is 5.02 Å². The zero-order valence-corrected chi connectivity index (χ0v) is 36.5. The number of nitrogens with zero attached hydrogens (tertiary/aromatic N) is 7. The van der Waals surface area contributed by atoms with Gasteiger partial charge in [-0.25, -0.2) is 8.78 Å². The number of ether oxygens (including phenoxy) is 2. The van der Waals surface area contributed by atoms with Crippen molar-refractivity contribution >= 4 is 78.0 Å². The third-order valence-corrected chi connectivity index (χ3v) is 14.4. The molecule has 2 saturated heterocycles. The SMILES string of the molecule is CC1CC(N2CCCC3(COc4nc(N5CCCN=C(/C(Cl)=C(\N)C(=O)N(C)C)C5)c5cc(Cl)c(-c6ccc(F)c7sc(N)c(C#N)c67)c(F)c5n4)CCCC23)CC(C)O1. The van der Waals surface area contributed by atoms with E-state index in [0.717, 1.165) is 62.8 Å². The van der Waals surface area contributed by atoms with Gasteiger partial charge in [0.25, 0.3) is 5.91 Å². The average molecular weight is 881 g/mol. The summed E-state index contributed by atoms with van der Waals surface area (Å²) >= 11 is 14.7. The lowest BCUT2D eigenvalue weighted by atomic mass is 9.74. The summed E-state index contributed by atoms with van der Waals surface area (Å²) in [6, 6.07) is 6.98. The van der Waals surface area contributed by atoms with Crippen molar-refractivity contribution in [2.75, 3.05) is 57.5 Å². The van der Waals surface area contributed by atoms with Gasteiger partial charge in [0.1, 0.15) is 33.9 Å². The molecular weight excluding hydrogens is 832 g/mol. The number of hydrogen-bond donors (Lipinski definition) is 2. The summed E-state index contributed by atoms with van der Waals surface area (Å²) in [6.45, 7) is 6.61. The average Bonchev–Trinajstić information content (AvgIpc) is 3.71. The van der Waals surface area contributed by atoms with Gasteiger partial charge in [0, 0.05) is 61.0 Å². The number of aliphatic imine (C=N–C) groups is 1. The largest absolute Gasteiger partial charge is 0.463 e. The number of benzene rings is 2. The van der Waals surface area contributed by atoms with Crippen molar-refractivity contribution in [3.63, 3.8) is 0 Å². The highest BCUT2D eigenvalue weighted by atomic mass is 35.5. The molecule has 1 aliphatic carbocycles. The van der Waals surface area contributed by atoms with E-state index in [2.05, 4.69) is 29.8 Å². The smallest absolute Gasteiger partial charge is 0.319 e. The molecule has 0 spiro atoms. The maximum atomic E-state index is 17.5. The molecule has 3 aliphatic heterocycles. The van der Waals surface area contributed by atoms with Crippen molar-refractivity contribution in [1.82, 2.24) is 19.8 Å². The predicted octanol–water partition coefficient (Wildman–Crippen LogP) is 8.01. The van der Waals surface area contributed by atoms with E-state index in [9.17, 15) is 10.1 Å². The van der Waals surface area contributed by atoms with Crippen LogP contribution in [0.5, 0.6) is 6.01 Å². The van der Waals surface area contributed by atoms with Crippen molar-refractivity contribution in [2.24, 2.45) is 16.1 Å². The number of thiophene rings is 1. The van der Waals surface area contributed by atoms with Gasteiger partial charge in [-0.3, -0.25) is 14.7 Å². The Hall–Kier alpha value is -4.33. The highest BCUT2D eigenvalue weighted by Crippen LogP contribution is 2.50. The standard InChI is InChI=1S/C43H49Cl2F2N9O3S/c1-22-16-24(17-23(2)59-22)56-15-6-12-43(11-5-8-31(43)56)21-58-42-52-37-26(40(53-42)55-14-7-13-51-30(20-55)34(45)36(49)41(57)54(3)4)18-28(44)33(35(37)47)25-9-10-29(46)38-32(25)27(19-48)39(50)60-38/h9-10,18,22-24,31H,5-8,11-17,20-21,49-50H2,1-4H3/b36-34+. The van der Waals surface area contributed by atoms with E-state index in [1.165, 1.54) is 17.0 Å². The second-order valence-electron chi connectivity index (χ2n) is 16.8. The number of carbonyl (C=O) groups is 1. The molecule has 4 N–H and O–H groups in total. The monoisotopic (exact) mass is 879 g/mol. The van der Waals surface area contributed by atoms with Gasteiger partial charge in [0.2, 0.25) is 0 Å². The van der Waals surface area contributed by atoms with Gasteiger partial charge in [-0.15, -0.1) is 11.3 Å². The molecule has 4 atom stereocenters. The summed E-state index contributed by atoms with van der Waals surface area (Å²) in [4.78, 5) is 33.2. The Labute approximate surface area is 362 Å². The topological polar surface area (TPSA) is 159 Å². The zero-order chi connectivity index (χ0) is 42.6. The Balaban J connectivity index is 1.23. The van der Waals surface area contributed by atoms with Gasteiger partial charge in [-0.2, -0.15) is 15.2 Å². The highest BCUT2D eigenvalue weighted by molar-refractivity contribution is 7.23. The summed E-state index contributed by atoms with van der Waals surface area (Å²) < 4.78 is 45.6. The molecule has 8 rings (SSSR count). The molecule has 4 unspecified atom stereocenters. The minimum atomic E-state index is -0.793. The summed E-state index contributed by atoms with van der Waals surface area (Å²) in [6.07, 6.45) is 8.11. The Bertz CT molecular complexity index is 2460. The molecule has 318 valence electrons. The first-order chi connectivity index (χ1) is 28.7. The number of carbonyl (C=O) groups excluding carboxylic acids is 1. The lowest BCUT2D eigenvalue weighted by Crippen LogP contribution is -2.57. The van der Waals surface area contributed by atoms with Crippen molar-refractivity contribution < 1.29 is 23.0 Å². The third-order valence-electron chi connectivity index (χ3n) is 12.7. The Morgan fingerprint density at radius 1 is 1.15 bits per heavy atom. The second-order valence-corrected chi connectivity index (χ2v) is 18.7. The van der Waals surface area contributed by atoms with Gasteiger partial charge >= 0.3 is 6.01 Å². The molecule has 2 aromatic heterocycles. The van der Waals surface area contributed by atoms with Gasteiger partial charge < -0.3 is 30.7 Å². The van der Waals surface area contributed by atoms with Crippen LogP contribution in [0, 0.1) is 28.4 Å². The molecule has 4 aromatic rings. The number of hydrogen-bond acceptors (Lipinski definition) is 12. The number of anilines is 2. The van der Waals surface area contributed by atoms with E-state index >= 15 is 8.78 Å². The van der Waals surface area contributed by atoms with Crippen LogP contribution in [-0.2, 0) is 9.53 Å². The quantitative estimate of drug-likeness (QED) is 0.166. The molecule has 1 saturated carbocycles. The molecule has 0 radical (unpaired) electrons. The van der Waals surface area contributed by atoms with Crippen LogP contribution in [0.25, 0.3) is 32.1 Å². The lowest BCUT2D eigenvalue weighted by Gasteiger charge is -2.51. The van der Waals surface area contributed by atoms with E-state index in [4.69, 9.17) is 54.1 Å². The number of nitrogens with two attached hydrogens (primary N) is 2. The molecule has 1 amide bonds. The van der Waals surface area contributed by atoms with Crippen LogP contribution < -0.4 is 21.1 Å². The molecule has 4 aliphatic rings. The van der Waals surface area contributed by atoms with E-state index in [-0.39, 0.29) is 83.2 Å². The number of nitrogen functional groups attached to an aromatic ring is 1. The van der Waals surface area contributed by atoms with Crippen molar-refractivity contribution in [3.8, 4) is 23.2 Å². The maximum Gasteiger partial charge on any atom is 0.319 e. The number of rotatable bonds is 8. The number of piperidine rings is 1. The van der Waals surface area contributed by atoms with E-state index in [1.807, 2.05) is 4.90 Å². The molecule has 5 heterocycles. The number of likely N-dealkylation sites (N-methyl/N-ethyl adjacent to an activating group) is 1. The van der Waals surface area contributed by atoms with Crippen LogP contribution in [0.1, 0.15) is 70.8 Å². The predicted molar refractivity (Wildman–Crippen MR) is 234 cm³/mol. The van der Waals surface area contributed by atoms with Gasteiger partial charge in [0.15, 0.2) is 5.82 Å². The number of amides is 1. The second kappa shape index (κ2) is 16.9. The first kappa shape index (κ1) is 42.4. The fourth-order valence-electron chi connectivity index (χ4n) is 10.0. The number of aromatic nitrogens is 2. The summed E-state index contributed by atoms with van der Waals surface area (Å²) in [5.41, 5.74) is 12.6. The van der Waals surface area contributed by atoms with Crippen LogP contribution in [0.3, 0.4) is 0 Å². The van der Waals surface area contributed by atoms with Crippen molar-refractivity contribution in [3.05, 3.63) is 51.1 Å². The van der Waals surface area contributed by atoms with Crippen LogP contribution in [0.4, 0.5) is 19.6 Å². The van der Waals surface area contributed by atoms with Gasteiger partial charge in [0.05, 0.1) is 51.4 Å². The maximum absolute atomic E-state index is 17.5. The number of halogens is 4. The van der Waals surface area contributed by atoms with Gasteiger partial charge in [-0.1, -0.05) is 35.7 Å². The Morgan fingerprint density at radius 2 is 1.90 bits per heavy atom. The summed E-state index contributed by atoms with van der Waals surface area (Å²) in [7, 11) is 3.16. The number of likely N-dealkylation sites (tertiary alicyclic amines) is 1. The molecule has 3 fully saturated rings. The molecule has 60 heavy (non-hydrogen) atoms. The molecule has 0 bridgehead atoms. The summed E-state index contributed by atoms with van der Waals surface area (Å²) in [5.74, 6) is -1.51. The number of fused-ring (bicyclic) bond motifs is 3. The minimum absolute atomic E-state index is 0.00529. The van der Waals surface area contributed by atoms with E-state index in [0.29, 0.717) is 55.1 Å². The summed E-state index contributed by atoms with van der Waals surface area (Å²) in [5, 5.41) is 10.6. The first-order valence-electron chi connectivity index (χ1n) is 20.5. The Morgan fingerprint density at radius 3 is 2.63 bits per heavy atom. The normalized spacial score (nSPS) is 25.4. The highest BCUT2D eigenvalue weighted by Gasteiger charge is 2.51. The van der Waals surface area contributed by atoms with E-state index < -0.39 is 17.5 Å². The van der Waals surface area contributed by atoms with Crippen LogP contribution in [0.15, 0.2) is 33.9 Å². The van der Waals surface area contributed by atoms with Gasteiger partial charge in [-0.05, 0) is 83.0 Å². The fourth-order valence-corrected chi connectivity index (χ4v) is 11.5. The number of nitriles is 1. The van der Waals surface area contributed by atoms with Crippen LogP contribution >= 0.6 is 34.5 Å². The zero-order valence-electron chi connectivity index (χ0n) is 34.2. The third kappa shape index (κ3) is 7.63. The van der Waals surface area contributed by atoms with Crippen molar-refractivity contribution in [1.29, 1.82) is 5.26 Å². The fraction of sp³-hybridized carbons (Fsp3) is 0.512. The Kier molecular flexibility index (Phi) is 11.9. The first-order valence-corrected chi connectivity index (χ1v) is 22.1. The molecule has 12 nitrogen and oxygen atoms in total. The van der Waals surface area contributed by atoms with Crippen LogP contribution in [-0.4, -0.2) is 103 Å². The lowest BCUT2D eigenvalue weighted by molar-refractivity contribution is -0.124. The molecule has 17 heteroatoms.